The fourth-order valence-corrected chi connectivity index (χ4v) is 3.63. The molecule has 27 heavy (non-hydrogen) atoms. The number of aryl methyl sites for hydroxylation is 1. The van der Waals surface area contributed by atoms with Gasteiger partial charge in [-0.2, -0.15) is 0 Å². The van der Waals surface area contributed by atoms with Crippen LogP contribution in [0, 0.1) is 0 Å². The molecular formula is C19H28ClN7. The van der Waals surface area contributed by atoms with Crippen LogP contribution in [0.5, 0.6) is 0 Å². The van der Waals surface area contributed by atoms with Gasteiger partial charge in [0.25, 0.3) is 0 Å². The van der Waals surface area contributed by atoms with Crippen LogP contribution in [0.1, 0.15) is 25.7 Å². The SMILES string of the molecule is CN=C(NCCCCn1cnnc1)NC1CCCN(c2ccccc2Cl)C1. The molecular weight excluding hydrogens is 362 g/mol. The van der Waals surface area contributed by atoms with Crippen molar-refractivity contribution < 1.29 is 0 Å². The highest BCUT2D eigenvalue weighted by atomic mass is 35.5. The number of para-hydroxylation sites is 1. The van der Waals surface area contributed by atoms with Gasteiger partial charge in [-0.3, -0.25) is 4.99 Å². The van der Waals surface area contributed by atoms with Gasteiger partial charge in [0.05, 0.1) is 10.7 Å². The van der Waals surface area contributed by atoms with Gasteiger partial charge < -0.3 is 20.1 Å². The summed E-state index contributed by atoms with van der Waals surface area (Å²) in [5, 5.41) is 15.4. The molecule has 146 valence electrons. The van der Waals surface area contributed by atoms with Crippen LogP contribution in [0.3, 0.4) is 0 Å². The second-order valence-electron chi connectivity index (χ2n) is 6.79. The summed E-state index contributed by atoms with van der Waals surface area (Å²) in [6, 6.07) is 8.42. The van der Waals surface area contributed by atoms with Crippen molar-refractivity contribution in [2.75, 3.05) is 31.6 Å². The standard InChI is InChI=1S/C19H28ClN7/c1-21-19(22-10-4-5-11-26-14-23-24-15-26)25-16-7-6-12-27(13-16)18-9-3-2-8-17(18)20/h2-3,8-9,14-16H,4-7,10-13H2,1H3,(H2,21,22,25). The molecule has 7 nitrogen and oxygen atoms in total. The minimum Gasteiger partial charge on any atom is -0.368 e. The van der Waals surface area contributed by atoms with Crippen molar-refractivity contribution in [1.82, 2.24) is 25.4 Å². The second kappa shape index (κ2) is 10.2. The summed E-state index contributed by atoms with van der Waals surface area (Å²) in [6.07, 6.45) is 7.92. The van der Waals surface area contributed by atoms with Crippen molar-refractivity contribution in [3.05, 3.63) is 41.9 Å². The third kappa shape index (κ3) is 5.85. The van der Waals surface area contributed by atoms with E-state index in [9.17, 15) is 0 Å². The zero-order valence-electron chi connectivity index (χ0n) is 15.8. The number of unbranched alkanes of at least 4 members (excludes halogenated alkanes) is 1. The predicted molar refractivity (Wildman–Crippen MR) is 110 cm³/mol. The highest BCUT2D eigenvalue weighted by molar-refractivity contribution is 6.33. The summed E-state index contributed by atoms with van der Waals surface area (Å²) in [4.78, 5) is 6.73. The Kier molecular flexibility index (Phi) is 7.33. The van der Waals surface area contributed by atoms with Gasteiger partial charge in [0.1, 0.15) is 12.7 Å². The molecule has 1 unspecified atom stereocenters. The quantitative estimate of drug-likeness (QED) is 0.432. The Morgan fingerprint density at radius 1 is 1.26 bits per heavy atom. The topological polar surface area (TPSA) is 70.4 Å². The maximum Gasteiger partial charge on any atom is 0.191 e. The van der Waals surface area contributed by atoms with Crippen LogP contribution >= 0.6 is 11.6 Å². The number of halogens is 1. The number of rotatable bonds is 7. The number of hydrogen-bond acceptors (Lipinski definition) is 4. The van der Waals surface area contributed by atoms with Gasteiger partial charge in [-0.15, -0.1) is 10.2 Å². The predicted octanol–water partition coefficient (Wildman–Crippen LogP) is 2.55. The van der Waals surface area contributed by atoms with E-state index in [0.29, 0.717) is 6.04 Å². The van der Waals surface area contributed by atoms with Crippen LogP contribution in [-0.4, -0.2) is 53.4 Å². The van der Waals surface area contributed by atoms with Gasteiger partial charge in [0.2, 0.25) is 0 Å². The molecule has 8 heteroatoms. The first kappa shape index (κ1) is 19.5. The van der Waals surface area contributed by atoms with Gasteiger partial charge in [-0.05, 0) is 37.8 Å². The summed E-state index contributed by atoms with van der Waals surface area (Å²) in [5.41, 5.74) is 1.11. The van der Waals surface area contributed by atoms with Gasteiger partial charge in [0, 0.05) is 39.3 Å². The minimum atomic E-state index is 0.359. The molecule has 1 aromatic heterocycles. The molecule has 1 saturated heterocycles. The molecule has 1 fully saturated rings. The number of anilines is 1. The molecule has 0 bridgehead atoms. The lowest BCUT2D eigenvalue weighted by molar-refractivity contribution is 0.467. The Balaban J connectivity index is 1.41. The maximum atomic E-state index is 6.37. The van der Waals surface area contributed by atoms with E-state index in [-0.39, 0.29) is 0 Å². The first-order valence-corrected chi connectivity index (χ1v) is 9.93. The summed E-state index contributed by atoms with van der Waals surface area (Å²) in [5.74, 6) is 0.866. The first-order valence-electron chi connectivity index (χ1n) is 9.55. The number of aromatic nitrogens is 3. The Labute approximate surface area is 165 Å². The number of nitrogens with one attached hydrogen (secondary N) is 2. The number of aliphatic imine (C=N–C) groups is 1. The average molecular weight is 390 g/mol. The van der Waals surface area contributed by atoms with Crippen LogP contribution < -0.4 is 15.5 Å². The zero-order valence-corrected chi connectivity index (χ0v) is 16.6. The third-order valence-electron chi connectivity index (χ3n) is 4.78. The molecule has 0 spiro atoms. The molecule has 0 amide bonds. The van der Waals surface area contributed by atoms with Crippen molar-refractivity contribution >= 4 is 23.2 Å². The molecule has 2 heterocycles. The van der Waals surface area contributed by atoms with E-state index in [4.69, 9.17) is 11.6 Å². The maximum absolute atomic E-state index is 6.37. The van der Waals surface area contributed by atoms with Crippen LogP contribution in [0.25, 0.3) is 0 Å². The Bertz CT molecular complexity index is 717. The number of nitrogens with zero attached hydrogens (tertiary/aromatic N) is 5. The summed E-state index contributed by atoms with van der Waals surface area (Å²) >= 11 is 6.37. The van der Waals surface area contributed by atoms with Gasteiger partial charge >= 0.3 is 0 Å². The van der Waals surface area contributed by atoms with E-state index in [1.54, 1.807) is 12.7 Å². The molecule has 0 aliphatic carbocycles. The monoisotopic (exact) mass is 389 g/mol. The van der Waals surface area contributed by atoms with Crippen LogP contribution in [-0.2, 0) is 6.54 Å². The summed E-state index contributed by atoms with van der Waals surface area (Å²) in [6.45, 7) is 3.80. The molecule has 2 aromatic rings. The highest BCUT2D eigenvalue weighted by Gasteiger charge is 2.22. The van der Waals surface area contributed by atoms with Crippen LogP contribution in [0.15, 0.2) is 41.9 Å². The normalized spacial score (nSPS) is 17.8. The van der Waals surface area contributed by atoms with Gasteiger partial charge in [0.15, 0.2) is 5.96 Å². The molecule has 1 aliphatic rings. The van der Waals surface area contributed by atoms with Crippen molar-refractivity contribution in [2.24, 2.45) is 4.99 Å². The van der Waals surface area contributed by atoms with Crippen molar-refractivity contribution in [3.8, 4) is 0 Å². The lowest BCUT2D eigenvalue weighted by Crippen LogP contribution is -2.51. The number of guanidine groups is 1. The fourth-order valence-electron chi connectivity index (χ4n) is 3.37. The molecule has 1 aliphatic heterocycles. The lowest BCUT2D eigenvalue weighted by Gasteiger charge is -2.35. The van der Waals surface area contributed by atoms with Gasteiger partial charge in [-0.25, -0.2) is 0 Å². The molecule has 3 rings (SSSR count). The highest BCUT2D eigenvalue weighted by Crippen LogP contribution is 2.27. The van der Waals surface area contributed by atoms with E-state index in [1.165, 1.54) is 0 Å². The van der Waals surface area contributed by atoms with E-state index in [1.807, 2.05) is 29.8 Å². The van der Waals surface area contributed by atoms with Crippen molar-refractivity contribution in [1.29, 1.82) is 0 Å². The van der Waals surface area contributed by atoms with Crippen molar-refractivity contribution in [2.45, 2.75) is 38.3 Å². The Morgan fingerprint density at radius 2 is 2.07 bits per heavy atom. The zero-order chi connectivity index (χ0) is 18.9. The Hall–Kier alpha value is -2.28. The molecule has 2 N–H and O–H groups in total. The van der Waals surface area contributed by atoms with Crippen LogP contribution in [0.2, 0.25) is 5.02 Å². The summed E-state index contributed by atoms with van der Waals surface area (Å²) < 4.78 is 2.00. The molecule has 0 saturated carbocycles. The summed E-state index contributed by atoms with van der Waals surface area (Å²) in [7, 11) is 1.82. The number of hydrogen-bond donors (Lipinski definition) is 2. The van der Waals surface area contributed by atoms with E-state index in [2.05, 4.69) is 36.8 Å². The molecule has 1 atom stereocenters. The van der Waals surface area contributed by atoms with Crippen LogP contribution in [0.4, 0.5) is 5.69 Å². The minimum absolute atomic E-state index is 0.359. The third-order valence-corrected chi connectivity index (χ3v) is 5.10. The largest absolute Gasteiger partial charge is 0.368 e. The second-order valence-corrected chi connectivity index (χ2v) is 7.19. The number of benzene rings is 1. The first-order chi connectivity index (χ1) is 13.3. The van der Waals surface area contributed by atoms with E-state index in [0.717, 1.165) is 68.5 Å². The number of piperidine rings is 1. The fraction of sp³-hybridized carbons (Fsp3) is 0.526. The average Bonchev–Trinajstić information content (AvgIpc) is 3.21. The van der Waals surface area contributed by atoms with Crippen molar-refractivity contribution in [3.63, 3.8) is 0 Å². The van der Waals surface area contributed by atoms with E-state index >= 15 is 0 Å². The smallest absolute Gasteiger partial charge is 0.191 e. The van der Waals surface area contributed by atoms with Gasteiger partial charge in [-0.1, -0.05) is 23.7 Å². The lowest BCUT2D eigenvalue weighted by atomic mass is 10.0. The van der Waals surface area contributed by atoms with E-state index < -0.39 is 0 Å². The molecule has 0 radical (unpaired) electrons. The molecule has 1 aromatic carbocycles. The Morgan fingerprint density at radius 3 is 2.85 bits per heavy atom.